The Morgan fingerprint density at radius 1 is 0.878 bits per heavy atom. The highest BCUT2D eigenvalue weighted by molar-refractivity contribution is 7.92. The predicted molar refractivity (Wildman–Crippen MR) is 160 cm³/mol. The van der Waals surface area contributed by atoms with Crippen LogP contribution in [0.15, 0.2) is 71.6 Å². The molecule has 1 atom stereocenters. The summed E-state index contributed by atoms with van der Waals surface area (Å²) in [5, 5.41) is 3.41. The maximum atomic E-state index is 14.0. The lowest BCUT2D eigenvalue weighted by Gasteiger charge is -2.32. The number of hydrogen-bond donors (Lipinski definition) is 1. The molecule has 12 heteroatoms. The van der Waals surface area contributed by atoms with Crippen LogP contribution in [0, 0.1) is 0 Å². The van der Waals surface area contributed by atoms with Crippen LogP contribution >= 0.6 is 23.2 Å². The Kier molecular flexibility index (Phi) is 10.9. The fourth-order valence-electron chi connectivity index (χ4n) is 4.07. The van der Waals surface area contributed by atoms with Crippen molar-refractivity contribution in [2.75, 3.05) is 25.1 Å². The molecule has 41 heavy (non-hydrogen) atoms. The van der Waals surface area contributed by atoms with Crippen LogP contribution in [0.1, 0.15) is 26.3 Å². The first-order valence-electron chi connectivity index (χ1n) is 12.7. The Morgan fingerprint density at radius 2 is 1.49 bits per heavy atom. The van der Waals surface area contributed by atoms with Crippen molar-refractivity contribution in [3.05, 3.63) is 82.3 Å². The summed E-state index contributed by atoms with van der Waals surface area (Å²) in [5.74, 6) is -0.412. The van der Waals surface area contributed by atoms with Gasteiger partial charge in [-0.15, -0.1) is 0 Å². The second kappa shape index (κ2) is 13.9. The third-order valence-electron chi connectivity index (χ3n) is 6.25. The van der Waals surface area contributed by atoms with Gasteiger partial charge in [0, 0.05) is 34.3 Å². The summed E-state index contributed by atoms with van der Waals surface area (Å²) in [4.78, 5) is 28.3. The molecule has 3 rings (SSSR count). The van der Waals surface area contributed by atoms with E-state index in [0.717, 1.165) is 4.31 Å². The number of nitrogens with zero attached hydrogens (tertiary/aromatic N) is 2. The van der Waals surface area contributed by atoms with Gasteiger partial charge in [0.2, 0.25) is 11.8 Å². The van der Waals surface area contributed by atoms with E-state index in [4.69, 9.17) is 32.7 Å². The number of amides is 2. The molecule has 9 nitrogen and oxygen atoms in total. The van der Waals surface area contributed by atoms with E-state index in [1.807, 2.05) is 0 Å². The summed E-state index contributed by atoms with van der Waals surface area (Å²) in [6.45, 7) is 4.40. The topological polar surface area (TPSA) is 105 Å². The minimum Gasteiger partial charge on any atom is -0.493 e. The summed E-state index contributed by atoms with van der Waals surface area (Å²) in [6, 6.07) is 16.0. The fraction of sp³-hybridized carbons (Fsp3) is 0.310. The number of carbonyl (C=O) groups excluding carboxylic acids is 2. The third-order valence-corrected chi connectivity index (χ3v) is 8.75. The molecule has 0 spiro atoms. The van der Waals surface area contributed by atoms with Crippen molar-refractivity contribution in [3.8, 4) is 11.5 Å². The lowest BCUT2D eigenvalue weighted by Crippen LogP contribution is -2.52. The van der Waals surface area contributed by atoms with E-state index >= 15 is 0 Å². The van der Waals surface area contributed by atoms with Gasteiger partial charge in [-0.3, -0.25) is 13.9 Å². The molecular weight excluding hydrogens is 589 g/mol. The van der Waals surface area contributed by atoms with E-state index in [1.54, 1.807) is 63.2 Å². The number of carbonyl (C=O) groups is 2. The van der Waals surface area contributed by atoms with Crippen LogP contribution in [0.25, 0.3) is 0 Å². The number of benzene rings is 3. The molecule has 0 bridgehead atoms. The standard InChI is InChI=1S/C29H33Cl2N3O6S/c1-19(2)32-29(36)20(3)33(17-23-24(30)12-9-13-25(23)31)28(35)18-34(41(37,38)22-10-7-6-8-11-22)21-14-15-26(39-4)27(16-21)40-5/h6-16,19-20H,17-18H2,1-5H3,(H,32,36). The predicted octanol–water partition coefficient (Wildman–Crippen LogP) is 5.15. The molecule has 0 saturated carbocycles. The largest absolute Gasteiger partial charge is 0.493 e. The van der Waals surface area contributed by atoms with Gasteiger partial charge in [0.25, 0.3) is 10.0 Å². The first-order chi connectivity index (χ1) is 19.4. The van der Waals surface area contributed by atoms with Crippen LogP contribution < -0.4 is 19.1 Å². The Morgan fingerprint density at radius 3 is 2.05 bits per heavy atom. The van der Waals surface area contributed by atoms with Gasteiger partial charge in [0.05, 0.1) is 24.8 Å². The van der Waals surface area contributed by atoms with Crippen molar-refractivity contribution in [1.82, 2.24) is 10.2 Å². The number of anilines is 1. The average Bonchev–Trinajstić information content (AvgIpc) is 2.95. The molecule has 0 fully saturated rings. The number of methoxy groups -OCH3 is 2. The van der Waals surface area contributed by atoms with E-state index in [1.165, 1.54) is 43.4 Å². The zero-order valence-electron chi connectivity index (χ0n) is 23.4. The van der Waals surface area contributed by atoms with Gasteiger partial charge >= 0.3 is 0 Å². The smallest absolute Gasteiger partial charge is 0.264 e. The quantitative estimate of drug-likeness (QED) is 0.300. The normalized spacial score (nSPS) is 12.0. The summed E-state index contributed by atoms with van der Waals surface area (Å²) >= 11 is 12.8. The van der Waals surface area contributed by atoms with Crippen LogP contribution in [-0.4, -0.2) is 58.0 Å². The first-order valence-corrected chi connectivity index (χ1v) is 14.9. The molecule has 0 aliphatic carbocycles. The minimum absolute atomic E-state index is 0.0196. The molecule has 220 valence electrons. The van der Waals surface area contributed by atoms with Gasteiger partial charge in [-0.2, -0.15) is 0 Å². The van der Waals surface area contributed by atoms with Crippen LogP contribution in [0.5, 0.6) is 11.5 Å². The van der Waals surface area contributed by atoms with Crippen molar-refractivity contribution >= 4 is 50.7 Å². The molecular formula is C29H33Cl2N3O6S. The van der Waals surface area contributed by atoms with E-state index in [-0.39, 0.29) is 28.9 Å². The minimum atomic E-state index is -4.24. The molecule has 0 radical (unpaired) electrons. The second-order valence-electron chi connectivity index (χ2n) is 9.43. The Labute approximate surface area is 251 Å². The molecule has 2 amide bonds. The Bertz CT molecular complexity index is 1460. The van der Waals surface area contributed by atoms with Gasteiger partial charge < -0.3 is 19.7 Å². The Hall–Kier alpha value is -3.47. The molecule has 0 heterocycles. The third kappa shape index (κ3) is 7.63. The number of rotatable bonds is 12. The number of nitrogens with one attached hydrogen (secondary N) is 1. The maximum absolute atomic E-state index is 14.0. The molecule has 3 aromatic rings. The van der Waals surface area contributed by atoms with Crippen LogP contribution in [0.2, 0.25) is 10.0 Å². The van der Waals surface area contributed by atoms with E-state index in [2.05, 4.69) is 5.32 Å². The average molecular weight is 623 g/mol. The molecule has 0 aliphatic heterocycles. The summed E-state index contributed by atoms with van der Waals surface area (Å²) < 4.78 is 39.5. The molecule has 1 N–H and O–H groups in total. The molecule has 0 aliphatic rings. The fourth-order valence-corrected chi connectivity index (χ4v) is 6.01. The van der Waals surface area contributed by atoms with Crippen molar-refractivity contribution in [3.63, 3.8) is 0 Å². The lowest BCUT2D eigenvalue weighted by molar-refractivity contribution is -0.139. The van der Waals surface area contributed by atoms with Gasteiger partial charge in [0.15, 0.2) is 11.5 Å². The van der Waals surface area contributed by atoms with E-state index in [9.17, 15) is 18.0 Å². The Balaban J connectivity index is 2.11. The maximum Gasteiger partial charge on any atom is 0.264 e. The lowest BCUT2D eigenvalue weighted by atomic mass is 10.1. The number of sulfonamides is 1. The monoisotopic (exact) mass is 621 g/mol. The summed E-state index contributed by atoms with van der Waals surface area (Å²) in [5.41, 5.74) is 0.590. The zero-order chi connectivity index (χ0) is 30.3. The van der Waals surface area contributed by atoms with Crippen molar-refractivity contribution in [1.29, 1.82) is 0 Å². The van der Waals surface area contributed by atoms with Crippen molar-refractivity contribution in [2.24, 2.45) is 0 Å². The van der Waals surface area contributed by atoms with Crippen molar-refractivity contribution < 1.29 is 27.5 Å². The highest BCUT2D eigenvalue weighted by atomic mass is 35.5. The van der Waals surface area contributed by atoms with Gasteiger partial charge in [-0.1, -0.05) is 47.5 Å². The van der Waals surface area contributed by atoms with Crippen molar-refractivity contribution in [2.45, 2.75) is 44.3 Å². The molecule has 1 unspecified atom stereocenters. The highest BCUT2D eigenvalue weighted by Gasteiger charge is 2.33. The SMILES string of the molecule is COc1ccc(N(CC(=O)N(Cc2c(Cl)cccc2Cl)C(C)C(=O)NC(C)C)S(=O)(=O)c2ccccc2)cc1OC. The van der Waals surface area contributed by atoms with E-state index < -0.39 is 34.4 Å². The van der Waals surface area contributed by atoms with Gasteiger partial charge in [-0.05, 0) is 57.2 Å². The van der Waals surface area contributed by atoms with E-state index in [0.29, 0.717) is 21.4 Å². The second-order valence-corrected chi connectivity index (χ2v) is 12.1. The van der Waals surface area contributed by atoms with Crippen LogP contribution in [0.4, 0.5) is 5.69 Å². The summed E-state index contributed by atoms with van der Waals surface area (Å²) in [7, 11) is -1.36. The van der Waals surface area contributed by atoms with Gasteiger partial charge in [0.1, 0.15) is 12.6 Å². The highest BCUT2D eigenvalue weighted by Crippen LogP contribution is 2.34. The summed E-state index contributed by atoms with van der Waals surface area (Å²) in [6.07, 6.45) is 0. The van der Waals surface area contributed by atoms with Gasteiger partial charge in [-0.25, -0.2) is 8.42 Å². The first kappa shape index (κ1) is 32.0. The number of halogens is 2. The zero-order valence-corrected chi connectivity index (χ0v) is 25.8. The molecule has 0 aromatic heterocycles. The van der Waals surface area contributed by atoms with Crippen LogP contribution in [-0.2, 0) is 26.2 Å². The number of hydrogen-bond acceptors (Lipinski definition) is 6. The molecule has 0 saturated heterocycles. The molecule has 3 aromatic carbocycles. The van der Waals surface area contributed by atoms with Crippen LogP contribution in [0.3, 0.4) is 0 Å². The number of ether oxygens (including phenoxy) is 2.